The molecule has 1 saturated heterocycles. The lowest BCUT2D eigenvalue weighted by Crippen LogP contribution is -2.50. The number of nitrogens with zero attached hydrogens (tertiary/aromatic N) is 2. The highest BCUT2D eigenvalue weighted by molar-refractivity contribution is 7.80. The average molecular weight is 489 g/mol. The molecule has 33 heavy (non-hydrogen) atoms. The summed E-state index contributed by atoms with van der Waals surface area (Å²) < 4.78 is 10.6. The molecule has 0 radical (unpaired) electrons. The second-order valence-electron chi connectivity index (χ2n) is 8.10. The number of nitrogens with one attached hydrogen (secondary N) is 2. The van der Waals surface area contributed by atoms with Crippen LogP contribution in [0.4, 0.5) is 11.4 Å². The minimum absolute atomic E-state index is 0.0185. The van der Waals surface area contributed by atoms with Crippen LogP contribution in [0, 0.1) is 5.92 Å². The van der Waals surface area contributed by atoms with Gasteiger partial charge in [-0.15, -0.1) is 0 Å². The topological polar surface area (TPSA) is 83.1 Å². The molecule has 0 aromatic heterocycles. The van der Waals surface area contributed by atoms with E-state index < -0.39 is 0 Å². The van der Waals surface area contributed by atoms with Crippen molar-refractivity contribution >= 4 is 52.1 Å². The Morgan fingerprint density at radius 1 is 1.03 bits per heavy atom. The second-order valence-corrected chi connectivity index (χ2v) is 8.95. The smallest absolute Gasteiger partial charge is 0.257 e. The van der Waals surface area contributed by atoms with Crippen molar-refractivity contribution in [1.82, 2.24) is 10.2 Å². The first-order valence-corrected chi connectivity index (χ1v) is 11.5. The number of anilines is 2. The summed E-state index contributed by atoms with van der Waals surface area (Å²) in [5, 5.41) is 6.47. The predicted octanol–water partition coefficient (Wildman–Crippen LogP) is 3.50. The van der Waals surface area contributed by atoms with E-state index in [1.165, 1.54) is 0 Å². The third-order valence-electron chi connectivity index (χ3n) is 5.49. The number of piperazine rings is 1. The van der Waals surface area contributed by atoms with Crippen LogP contribution in [0.3, 0.4) is 0 Å². The van der Waals surface area contributed by atoms with E-state index in [0.29, 0.717) is 54.0 Å². The number of hydrogen-bond donors (Lipinski definition) is 2. The molecule has 2 amide bonds. The van der Waals surface area contributed by atoms with Crippen LogP contribution in [0.25, 0.3) is 0 Å². The fourth-order valence-corrected chi connectivity index (χ4v) is 4.16. The number of amides is 2. The van der Waals surface area contributed by atoms with E-state index >= 15 is 0 Å². The zero-order chi connectivity index (χ0) is 23.5. The predicted molar refractivity (Wildman–Crippen MR) is 131 cm³/mol. The summed E-state index contributed by atoms with van der Waals surface area (Å²) in [4.78, 5) is 29.0. The Morgan fingerprint density at radius 2 is 1.76 bits per heavy atom. The first kappa shape index (κ1) is 23.1. The van der Waals surface area contributed by atoms with Gasteiger partial charge >= 0.3 is 0 Å². The van der Waals surface area contributed by atoms with Crippen LogP contribution in [-0.4, -0.2) is 54.8 Å². The van der Waals surface area contributed by atoms with Gasteiger partial charge in [-0.25, -0.2) is 0 Å². The zero-order valence-corrected chi connectivity index (χ0v) is 20.0. The van der Waals surface area contributed by atoms with Crippen molar-refractivity contribution in [2.75, 3.05) is 43.2 Å². The monoisotopic (exact) mass is 488 g/mol. The number of carbonyl (C=O) groups excluding carboxylic acids is 2. The summed E-state index contributed by atoms with van der Waals surface area (Å²) in [7, 11) is 0. The lowest BCUT2D eigenvalue weighted by Gasteiger charge is -2.37. The fourth-order valence-electron chi connectivity index (χ4n) is 3.78. The van der Waals surface area contributed by atoms with Crippen molar-refractivity contribution < 1.29 is 19.1 Å². The Hall–Kier alpha value is -3.04. The summed E-state index contributed by atoms with van der Waals surface area (Å²) >= 11 is 11.6. The molecule has 174 valence electrons. The summed E-state index contributed by atoms with van der Waals surface area (Å²) in [5.41, 5.74) is 1.98. The van der Waals surface area contributed by atoms with Gasteiger partial charge < -0.3 is 24.6 Å². The molecular formula is C23H25ClN4O4S. The molecule has 2 heterocycles. The van der Waals surface area contributed by atoms with E-state index in [1.54, 1.807) is 24.3 Å². The first-order chi connectivity index (χ1) is 15.8. The van der Waals surface area contributed by atoms with Gasteiger partial charge in [-0.05, 0) is 48.6 Å². The maximum atomic E-state index is 12.6. The van der Waals surface area contributed by atoms with Crippen LogP contribution in [0.2, 0.25) is 5.02 Å². The molecule has 0 atom stereocenters. The van der Waals surface area contributed by atoms with Crippen LogP contribution < -0.4 is 25.0 Å². The quantitative estimate of drug-likeness (QED) is 0.637. The number of fused-ring (bicyclic) bond motifs is 1. The highest BCUT2D eigenvalue weighted by Crippen LogP contribution is 2.33. The van der Waals surface area contributed by atoms with Gasteiger partial charge in [0.1, 0.15) is 0 Å². The molecule has 8 nitrogen and oxygen atoms in total. The number of halogens is 1. The van der Waals surface area contributed by atoms with Gasteiger partial charge in [-0.1, -0.05) is 25.4 Å². The number of carbonyl (C=O) groups is 2. The van der Waals surface area contributed by atoms with Crippen molar-refractivity contribution in [3.8, 4) is 11.5 Å². The van der Waals surface area contributed by atoms with Crippen molar-refractivity contribution in [1.29, 1.82) is 0 Å². The van der Waals surface area contributed by atoms with Crippen molar-refractivity contribution in [3.63, 3.8) is 0 Å². The van der Waals surface area contributed by atoms with Crippen LogP contribution in [0.1, 0.15) is 24.2 Å². The highest BCUT2D eigenvalue weighted by Gasteiger charge is 2.24. The van der Waals surface area contributed by atoms with Crippen LogP contribution in [0.15, 0.2) is 36.4 Å². The lowest BCUT2D eigenvalue weighted by atomic mass is 10.1. The second kappa shape index (κ2) is 9.84. The van der Waals surface area contributed by atoms with E-state index in [-0.39, 0.29) is 29.6 Å². The molecule has 2 aromatic rings. The molecular weight excluding hydrogens is 464 g/mol. The first-order valence-electron chi connectivity index (χ1n) is 10.7. The molecule has 10 heteroatoms. The van der Waals surface area contributed by atoms with Gasteiger partial charge in [0.25, 0.3) is 5.91 Å². The van der Waals surface area contributed by atoms with Crippen molar-refractivity contribution in [2.24, 2.45) is 5.92 Å². The number of ether oxygens (including phenoxy) is 2. The normalized spacial score (nSPS) is 14.9. The van der Waals surface area contributed by atoms with Crippen LogP contribution in [-0.2, 0) is 4.79 Å². The summed E-state index contributed by atoms with van der Waals surface area (Å²) in [6, 6.07) is 10.4. The highest BCUT2D eigenvalue weighted by atomic mass is 35.5. The Morgan fingerprint density at radius 3 is 2.48 bits per heavy atom. The summed E-state index contributed by atoms with van der Waals surface area (Å²) in [5.74, 6) is 0.904. The Labute approximate surface area is 202 Å². The molecule has 2 N–H and O–H groups in total. The SMILES string of the molecule is CC(C)C(=O)N1CCN(c2ccc(Cl)cc2NC(=S)NC(=O)c2ccc3c(c2)OCO3)CC1. The molecule has 0 unspecified atom stereocenters. The van der Waals surface area contributed by atoms with E-state index in [1.807, 2.05) is 30.9 Å². The van der Waals surface area contributed by atoms with Crippen molar-refractivity contribution in [3.05, 3.63) is 47.0 Å². The summed E-state index contributed by atoms with van der Waals surface area (Å²) in [6.07, 6.45) is 0. The van der Waals surface area contributed by atoms with E-state index in [9.17, 15) is 9.59 Å². The molecule has 2 aliphatic heterocycles. The molecule has 2 aliphatic rings. The average Bonchev–Trinajstić information content (AvgIpc) is 3.26. The molecule has 1 fully saturated rings. The molecule has 0 saturated carbocycles. The maximum Gasteiger partial charge on any atom is 0.257 e. The van der Waals surface area contributed by atoms with Crippen molar-refractivity contribution in [2.45, 2.75) is 13.8 Å². The maximum absolute atomic E-state index is 12.6. The minimum atomic E-state index is -0.366. The van der Waals surface area contributed by atoms with Gasteiger partial charge in [-0.3, -0.25) is 14.9 Å². The molecule has 0 bridgehead atoms. The van der Waals surface area contributed by atoms with Crippen LogP contribution in [0.5, 0.6) is 11.5 Å². The molecule has 4 rings (SSSR count). The number of thiocarbonyl (C=S) groups is 1. The Kier molecular flexibility index (Phi) is 6.90. The number of rotatable bonds is 4. The van der Waals surface area contributed by atoms with Gasteiger partial charge in [0.15, 0.2) is 16.6 Å². The van der Waals surface area contributed by atoms with Gasteiger partial charge in [0, 0.05) is 42.7 Å². The third-order valence-corrected chi connectivity index (χ3v) is 5.93. The Bertz CT molecular complexity index is 1090. The minimum Gasteiger partial charge on any atom is -0.454 e. The van der Waals surface area contributed by atoms with Crippen LogP contribution >= 0.6 is 23.8 Å². The lowest BCUT2D eigenvalue weighted by molar-refractivity contribution is -0.134. The molecule has 2 aromatic carbocycles. The van der Waals surface area contributed by atoms with Gasteiger partial charge in [0.2, 0.25) is 12.7 Å². The van der Waals surface area contributed by atoms with E-state index in [2.05, 4.69) is 15.5 Å². The largest absolute Gasteiger partial charge is 0.454 e. The zero-order valence-electron chi connectivity index (χ0n) is 18.4. The van der Waals surface area contributed by atoms with E-state index in [4.69, 9.17) is 33.3 Å². The Balaban J connectivity index is 1.42. The summed E-state index contributed by atoms with van der Waals surface area (Å²) in [6.45, 7) is 6.62. The third kappa shape index (κ3) is 5.31. The fraction of sp³-hybridized carbons (Fsp3) is 0.348. The number of benzene rings is 2. The van der Waals surface area contributed by atoms with Gasteiger partial charge in [0.05, 0.1) is 11.4 Å². The number of hydrogen-bond acceptors (Lipinski definition) is 6. The standard InChI is InChI=1S/C23H25ClN4O4S/c1-14(2)22(30)28-9-7-27(8-10-28)18-5-4-16(24)12-17(18)25-23(33)26-21(29)15-3-6-19-20(11-15)32-13-31-19/h3-6,11-12,14H,7-10,13H2,1-2H3,(H2,25,26,29,33). The van der Waals surface area contributed by atoms with E-state index in [0.717, 1.165) is 5.69 Å². The van der Waals surface area contributed by atoms with Gasteiger partial charge in [-0.2, -0.15) is 0 Å². The molecule has 0 aliphatic carbocycles. The molecule has 0 spiro atoms.